The van der Waals surface area contributed by atoms with Crippen LogP contribution in [0.2, 0.25) is 0 Å². The van der Waals surface area contributed by atoms with Crippen LogP contribution in [-0.4, -0.2) is 36.7 Å². The molecule has 1 aromatic rings. The van der Waals surface area contributed by atoms with Crippen LogP contribution in [0.1, 0.15) is 32.3 Å². The SMILES string of the molecule is COC(=O)C1=C[C@@H]2C=C(C(=O)OC(C)(C)C)[C@@H](c3ccccc3)[C@H]1OC2=O. The molecular formula is C21H22O6. The molecule has 0 unspecified atom stereocenters. The second-order valence-electron chi connectivity index (χ2n) is 7.51. The number of fused-ring (bicyclic) bond motifs is 2. The van der Waals surface area contributed by atoms with E-state index in [0.717, 1.165) is 5.56 Å². The van der Waals surface area contributed by atoms with Crippen molar-refractivity contribution in [2.45, 2.75) is 38.4 Å². The van der Waals surface area contributed by atoms with Gasteiger partial charge in [-0.1, -0.05) is 42.5 Å². The zero-order valence-corrected chi connectivity index (χ0v) is 15.7. The predicted octanol–water partition coefficient (Wildman–Crippen LogP) is 2.69. The highest BCUT2D eigenvalue weighted by molar-refractivity contribution is 5.98. The summed E-state index contributed by atoms with van der Waals surface area (Å²) < 4.78 is 16.0. The number of esters is 3. The first kappa shape index (κ1) is 18.9. The van der Waals surface area contributed by atoms with Crippen LogP contribution in [0.3, 0.4) is 0 Å². The molecule has 4 rings (SSSR count). The maximum Gasteiger partial charge on any atom is 0.337 e. The largest absolute Gasteiger partial charge is 0.466 e. The van der Waals surface area contributed by atoms with Crippen LogP contribution >= 0.6 is 0 Å². The van der Waals surface area contributed by atoms with E-state index in [0.29, 0.717) is 5.57 Å². The van der Waals surface area contributed by atoms with Crippen molar-refractivity contribution in [3.63, 3.8) is 0 Å². The molecule has 27 heavy (non-hydrogen) atoms. The average Bonchev–Trinajstić information content (AvgIpc) is 2.86. The van der Waals surface area contributed by atoms with Crippen LogP contribution in [0.4, 0.5) is 0 Å². The van der Waals surface area contributed by atoms with Crippen molar-refractivity contribution < 1.29 is 28.6 Å². The highest BCUT2D eigenvalue weighted by atomic mass is 16.6. The Hall–Kier alpha value is -2.89. The molecule has 0 saturated heterocycles. The van der Waals surface area contributed by atoms with Crippen LogP contribution in [0, 0.1) is 5.92 Å². The lowest BCUT2D eigenvalue weighted by Crippen LogP contribution is -2.36. The molecule has 0 N–H and O–H groups in total. The fourth-order valence-electron chi connectivity index (χ4n) is 3.30. The van der Waals surface area contributed by atoms with Crippen LogP contribution in [0.25, 0.3) is 0 Å². The summed E-state index contributed by atoms with van der Waals surface area (Å²) in [5.74, 6) is -3.14. The molecule has 0 aromatic heterocycles. The van der Waals surface area contributed by atoms with Gasteiger partial charge in [-0.3, -0.25) is 4.79 Å². The summed E-state index contributed by atoms with van der Waals surface area (Å²) in [5, 5.41) is 0. The predicted molar refractivity (Wildman–Crippen MR) is 96.6 cm³/mol. The number of benzene rings is 1. The maximum absolute atomic E-state index is 12.9. The summed E-state index contributed by atoms with van der Waals surface area (Å²) in [7, 11) is 1.27. The van der Waals surface area contributed by atoms with Crippen LogP contribution in [0.5, 0.6) is 0 Å². The van der Waals surface area contributed by atoms with Gasteiger partial charge >= 0.3 is 17.9 Å². The molecule has 3 aliphatic rings. The fourth-order valence-corrected chi connectivity index (χ4v) is 3.30. The van der Waals surface area contributed by atoms with Crippen molar-refractivity contribution in [1.29, 1.82) is 0 Å². The minimum absolute atomic E-state index is 0.228. The first-order valence-electron chi connectivity index (χ1n) is 8.72. The van der Waals surface area contributed by atoms with Gasteiger partial charge in [-0.05, 0) is 26.3 Å². The van der Waals surface area contributed by atoms with Crippen molar-refractivity contribution in [3.8, 4) is 0 Å². The Kier molecular flexibility index (Phi) is 4.91. The highest BCUT2D eigenvalue weighted by Gasteiger charge is 2.46. The molecule has 1 aromatic carbocycles. The van der Waals surface area contributed by atoms with Gasteiger partial charge in [0.2, 0.25) is 0 Å². The van der Waals surface area contributed by atoms with Crippen molar-refractivity contribution in [2.24, 2.45) is 5.92 Å². The van der Waals surface area contributed by atoms with E-state index in [1.165, 1.54) is 19.3 Å². The number of hydrogen-bond donors (Lipinski definition) is 0. The van der Waals surface area contributed by atoms with E-state index in [9.17, 15) is 14.4 Å². The molecule has 6 heteroatoms. The Morgan fingerprint density at radius 3 is 2.22 bits per heavy atom. The number of rotatable bonds is 3. The van der Waals surface area contributed by atoms with E-state index in [4.69, 9.17) is 14.2 Å². The number of carbonyl (C=O) groups is 3. The molecule has 0 saturated carbocycles. The lowest BCUT2D eigenvalue weighted by Gasteiger charge is -2.30. The van der Waals surface area contributed by atoms with Gasteiger partial charge in [0.25, 0.3) is 0 Å². The number of methoxy groups -OCH3 is 1. The Labute approximate surface area is 157 Å². The first-order chi connectivity index (χ1) is 12.7. The van der Waals surface area contributed by atoms with Crippen molar-refractivity contribution in [2.75, 3.05) is 7.11 Å². The molecule has 6 nitrogen and oxygen atoms in total. The van der Waals surface area contributed by atoms with Crippen LogP contribution < -0.4 is 0 Å². The number of carbonyl (C=O) groups excluding carboxylic acids is 3. The fraction of sp³-hybridized carbons (Fsp3) is 0.381. The average molecular weight is 370 g/mol. The zero-order valence-electron chi connectivity index (χ0n) is 15.7. The summed E-state index contributed by atoms with van der Waals surface area (Å²) in [6, 6.07) is 9.14. The maximum atomic E-state index is 12.9. The summed E-state index contributed by atoms with van der Waals surface area (Å²) >= 11 is 0. The second-order valence-corrected chi connectivity index (χ2v) is 7.51. The van der Waals surface area contributed by atoms with E-state index in [2.05, 4.69) is 0 Å². The quantitative estimate of drug-likeness (QED) is 0.601. The topological polar surface area (TPSA) is 78.9 Å². The minimum Gasteiger partial charge on any atom is -0.466 e. The Balaban J connectivity index is 2.13. The van der Waals surface area contributed by atoms with Gasteiger partial charge in [0.15, 0.2) is 0 Å². The second kappa shape index (κ2) is 7.02. The smallest absolute Gasteiger partial charge is 0.337 e. The van der Waals surface area contributed by atoms with Gasteiger partial charge in [0, 0.05) is 5.57 Å². The summed E-state index contributed by atoms with van der Waals surface area (Å²) in [6.07, 6.45) is 2.09. The number of ether oxygens (including phenoxy) is 3. The Morgan fingerprint density at radius 2 is 1.63 bits per heavy atom. The molecule has 1 aliphatic carbocycles. The molecule has 0 amide bonds. The van der Waals surface area contributed by atoms with Crippen LogP contribution in [0.15, 0.2) is 53.6 Å². The summed E-state index contributed by atoms with van der Waals surface area (Å²) in [6.45, 7) is 5.32. The molecule has 3 atom stereocenters. The lowest BCUT2D eigenvalue weighted by molar-refractivity contribution is -0.155. The molecule has 2 bridgehead atoms. The van der Waals surface area contributed by atoms with Gasteiger partial charge in [0.05, 0.1) is 24.5 Å². The molecule has 2 aliphatic heterocycles. The molecule has 0 fully saturated rings. The third kappa shape index (κ3) is 3.79. The van der Waals surface area contributed by atoms with Gasteiger partial charge in [0.1, 0.15) is 11.7 Å². The van der Waals surface area contributed by atoms with E-state index in [-0.39, 0.29) is 5.57 Å². The minimum atomic E-state index is -0.954. The summed E-state index contributed by atoms with van der Waals surface area (Å²) in [4.78, 5) is 37.5. The molecule has 0 radical (unpaired) electrons. The first-order valence-corrected chi connectivity index (χ1v) is 8.72. The number of hydrogen-bond acceptors (Lipinski definition) is 6. The molecular weight excluding hydrogens is 348 g/mol. The summed E-state index contributed by atoms with van der Waals surface area (Å²) in [5.41, 5.74) is 0.566. The van der Waals surface area contributed by atoms with E-state index in [1.807, 2.05) is 30.3 Å². The standard InChI is InChI=1S/C21H22O6/c1-21(2,3)27-20(24)14-10-13-11-15(19(23)25-4)17(26-18(13)22)16(14)12-8-6-5-7-9-12/h5-11,13,16-17H,1-4H3/t13-,16+,17-/m0/s1. The van der Waals surface area contributed by atoms with Gasteiger partial charge in [-0.25, -0.2) is 9.59 Å². The zero-order chi connectivity index (χ0) is 19.8. The normalized spacial score (nSPS) is 24.3. The van der Waals surface area contributed by atoms with E-state index < -0.39 is 41.4 Å². The molecule has 2 heterocycles. The monoisotopic (exact) mass is 370 g/mol. The van der Waals surface area contributed by atoms with Crippen LogP contribution in [-0.2, 0) is 28.6 Å². The molecule has 0 spiro atoms. The van der Waals surface area contributed by atoms with Crippen molar-refractivity contribution in [1.82, 2.24) is 0 Å². The highest BCUT2D eigenvalue weighted by Crippen LogP contribution is 2.42. The van der Waals surface area contributed by atoms with Crippen molar-refractivity contribution in [3.05, 3.63) is 59.2 Å². The van der Waals surface area contributed by atoms with Crippen molar-refractivity contribution >= 4 is 17.9 Å². The Bertz CT molecular complexity index is 828. The van der Waals surface area contributed by atoms with E-state index in [1.54, 1.807) is 20.8 Å². The van der Waals surface area contributed by atoms with Gasteiger partial charge in [-0.2, -0.15) is 0 Å². The Morgan fingerprint density at radius 1 is 1.00 bits per heavy atom. The van der Waals surface area contributed by atoms with Gasteiger partial charge < -0.3 is 14.2 Å². The third-order valence-corrected chi connectivity index (χ3v) is 4.39. The van der Waals surface area contributed by atoms with E-state index >= 15 is 0 Å². The third-order valence-electron chi connectivity index (χ3n) is 4.39. The van der Waals surface area contributed by atoms with Gasteiger partial charge in [-0.15, -0.1) is 0 Å². The lowest BCUT2D eigenvalue weighted by atomic mass is 9.83. The molecule has 142 valence electrons.